The monoisotopic (exact) mass is 474 g/mol. The minimum Gasteiger partial charge on any atom is -0.372 e. The molecule has 2 heterocycles. The lowest BCUT2D eigenvalue weighted by atomic mass is 9.95. The molecule has 0 bridgehead atoms. The van der Waals surface area contributed by atoms with E-state index in [1.165, 1.54) is 0 Å². The first-order chi connectivity index (χ1) is 16.4. The van der Waals surface area contributed by atoms with Crippen LogP contribution in [0.2, 0.25) is 0 Å². The van der Waals surface area contributed by atoms with Crippen LogP contribution in [0, 0.1) is 12.8 Å². The number of imide groups is 2. The summed E-state index contributed by atoms with van der Waals surface area (Å²) in [4.78, 5) is 51.2. The average Bonchev–Trinajstić information content (AvgIpc) is 2.87. The van der Waals surface area contributed by atoms with E-state index < -0.39 is 17.9 Å². The third kappa shape index (κ3) is 7.65. The lowest BCUT2D eigenvalue weighted by molar-refractivity contribution is -0.139. The Hall–Kier alpha value is -2.74. The lowest BCUT2D eigenvalue weighted by Gasteiger charge is -2.34. The van der Waals surface area contributed by atoms with Crippen LogP contribution in [0.1, 0.15) is 76.2 Å². The van der Waals surface area contributed by atoms with E-state index in [1.807, 2.05) is 46.8 Å². The van der Waals surface area contributed by atoms with Gasteiger partial charge < -0.3 is 10.2 Å². The van der Waals surface area contributed by atoms with Gasteiger partial charge in [0, 0.05) is 30.8 Å². The van der Waals surface area contributed by atoms with Crippen molar-refractivity contribution in [2.45, 2.75) is 73.3 Å². The molecule has 3 rings (SSSR count). The summed E-state index contributed by atoms with van der Waals surface area (Å²) in [7, 11) is 0. The number of amides is 4. The molecule has 1 aromatic carbocycles. The van der Waals surface area contributed by atoms with E-state index in [-0.39, 0.29) is 18.7 Å². The van der Waals surface area contributed by atoms with Gasteiger partial charge in [-0.15, -0.1) is 0 Å². The van der Waals surface area contributed by atoms with Gasteiger partial charge >= 0.3 is 0 Å². The first-order valence-electron chi connectivity index (χ1n) is 12.6. The fraction of sp³-hybridized carbons (Fsp3) is 0.615. The minimum atomic E-state index is -0.956. The number of carbonyl (C=O) groups is 4. The number of aryl methyl sites for hydroxylation is 1. The largest absolute Gasteiger partial charge is 0.372 e. The number of hydrogen-bond acceptors (Lipinski definition) is 6. The molecule has 0 saturated carbocycles. The maximum absolute atomic E-state index is 13.0. The lowest BCUT2D eigenvalue weighted by Crippen LogP contribution is -2.53. The Morgan fingerprint density at radius 1 is 1.15 bits per heavy atom. The summed E-state index contributed by atoms with van der Waals surface area (Å²) in [6, 6.07) is 4.63. The highest BCUT2D eigenvalue weighted by Crippen LogP contribution is 2.26. The van der Waals surface area contributed by atoms with Crippen molar-refractivity contribution in [2.75, 3.05) is 31.1 Å². The highest BCUT2D eigenvalue weighted by molar-refractivity contribution is 6.07. The predicted octanol–water partition coefficient (Wildman–Crippen LogP) is 3.28. The van der Waals surface area contributed by atoms with Crippen LogP contribution in [-0.2, 0) is 14.4 Å². The van der Waals surface area contributed by atoms with Gasteiger partial charge in [0.05, 0.1) is 0 Å². The van der Waals surface area contributed by atoms with Crippen molar-refractivity contribution in [3.05, 3.63) is 29.3 Å². The van der Waals surface area contributed by atoms with E-state index in [1.54, 1.807) is 6.07 Å². The normalized spacial score (nSPS) is 18.1. The number of nitrogens with one attached hydrogen (secondary N) is 2. The van der Waals surface area contributed by atoms with Crippen molar-refractivity contribution < 1.29 is 19.2 Å². The minimum absolute atomic E-state index is 0.107. The number of carbonyl (C=O) groups excluding carboxylic acids is 4. The van der Waals surface area contributed by atoms with Gasteiger partial charge in [0.15, 0.2) is 0 Å². The molecule has 4 amide bonds. The molecule has 2 aliphatic heterocycles. The van der Waals surface area contributed by atoms with Crippen LogP contribution in [0.15, 0.2) is 18.2 Å². The second-order valence-corrected chi connectivity index (χ2v) is 8.02. The van der Waals surface area contributed by atoms with Crippen molar-refractivity contribution in [3.63, 3.8) is 0 Å². The number of benzene rings is 1. The first-order valence-corrected chi connectivity index (χ1v) is 12.6. The Kier molecular flexibility index (Phi) is 13.1. The third-order valence-electron chi connectivity index (χ3n) is 6.00. The summed E-state index contributed by atoms with van der Waals surface area (Å²) < 4.78 is 0. The van der Waals surface area contributed by atoms with E-state index in [0.717, 1.165) is 55.2 Å². The number of piperidine rings is 2. The predicted molar refractivity (Wildman–Crippen MR) is 136 cm³/mol. The number of anilines is 1. The zero-order valence-corrected chi connectivity index (χ0v) is 21.6. The number of rotatable bonds is 7. The van der Waals surface area contributed by atoms with Crippen molar-refractivity contribution >= 4 is 29.8 Å². The van der Waals surface area contributed by atoms with E-state index in [9.17, 15) is 19.2 Å². The highest BCUT2D eigenvalue weighted by Gasteiger charge is 2.35. The van der Waals surface area contributed by atoms with Crippen LogP contribution in [0.3, 0.4) is 0 Å². The molecule has 2 aliphatic rings. The maximum atomic E-state index is 13.0. The van der Waals surface area contributed by atoms with Gasteiger partial charge in [-0.3, -0.25) is 29.4 Å². The second-order valence-electron chi connectivity index (χ2n) is 8.02. The molecule has 34 heavy (non-hydrogen) atoms. The summed E-state index contributed by atoms with van der Waals surface area (Å²) in [5.74, 6) is -0.823. The zero-order chi connectivity index (χ0) is 25.7. The van der Waals surface area contributed by atoms with Crippen molar-refractivity contribution in [1.29, 1.82) is 0 Å². The fourth-order valence-electron chi connectivity index (χ4n) is 4.18. The SMILES string of the molecule is CC.CC.CCNCC1CCN(c2ccc(C(=O)N(C=O)C3CCC(=O)NC3=O)c(C)c2)CC1. The van der Waals surface area contributed by atoms with E-state index >= 15 is 0 Å². The first kappa shape index (κ1) is 29.3. The Morgan fingerprint density at radius 3 is 2.32 bits per heavy atom. The molecule has 2 N–H and O–H groups in total. The van der Waals surface area contributed by atoms with Crippen LogP contribution in [-0.4, -0.2) is 61.3 Å². The Bertz CT molecular complexity index is 819. The Balaban J connectivity index is 0.00000137. The molecule has 1 aromatic rings. The van der Waals surface area contributed by atoms with Gasteiger partial charge in [-0.2, -0.15) is 0 Å². The average molecular weight is 475 g/mol. The molecule has 2 saturated heterocycles. The van der Waals surface area contributed by atoms with E-state index in [4.69, 9.17) is 0 Å². The Labute approximate surface area is 204 Å². The molecular formula is C26H42N4O4. The maximum Gasteiger partial charge on any atom is 0.261 e. The van der Waals surface area contributed by atoms with Crippen molar-refractivity contribution in [3.8, 4) is 0 Å². The van der Waals surface area contributed by atoms with Crippen LogP contribution in [0.5, 0.6) is 0 Å². The fourth-order valence-corrected chi connectivity index (χ4v) is 4.18. The molecule has 2 fully saturated rings. The molecule has 0 aromatic heterocycles. The summed E-state index contributed by atoms with van der Waals surface area (Å²) in [5.41, 5.74) is 2.20. The smallest absolute Gasteiger partial charge is 0.261 e. The molecule has 8 heteroatoms. The van der Waals surface area contributed by atoms with Gasteiger partial charge in [-0.25, -0.2) is 0 Å². The van der Waals surface area contributed by atoms with Gasteiger partial charge in [-0.05, 0) is 69.0 Å². The van der Waals surface area contributed by atoms with Crippen LogP contribution >= 0.6 is 0 Å². The summed E-state index contributed by atoms with van der Waals surface area (Å²) in [5, 5.41) is 5.61. The van der Waals surface area contributed by atoms with Gasteiger partial charge in [0.1, 0.15) is 6.04 Å². The van der Waals surface area contributed by atoms with Crippen molar-refractivity contribution in [1.82, 2.24) is 15.5 Å². The quantitative estimate of drug-likeness (QED) is 0.465. The molecular weight excluding hydrogens is 432 g/mol. The second kappa shape index (κ2) is 15.2. The van der Waals surface area contributed by atoms with E-state index in [0.29, 0.717) is 17.9 Å². The third-order valence-corrected chi connectivity index (χ3v) is 6.00. The molecule has 0 aliphatic carbocycles. The van der Waals surface area contributed by atoms with Gasteiger partial charge in [-0.1, -0.05) is 34.6 Å². The molecule has 8 nitrogen and oxygen atoms in total. The number of nitrogens with zero attached hydrogens (tertiary/aromatic N) is 2. The highest BCUT2D eigenvalue weighted by atomic mass is 16.2. The van der Waals surface area contributed by atoms with E-state index in [2.05, 4.69) is 22.5 Å². The zero-order valence-electron chi connectivity index (χ0n) is 21.6. The number of hydrogen-bond donors (Lipinski definition) is 2. The summed E-state index contributed by atoms with van der Waals surface area (Å²) in [6.45, 7) is 15.9. The topological polar surface area (TPSA) is 98.8 Å². The van der Waals surface area contributed by atoms with Crippen LogP contribution < -0.4 is 15.5 Å². The molecule has 1 unspecified atom stereocenters. The van der Waals surface area contributed by atoms with Crippen LogP contribution in [0.4, 0.5) is 5.69 Å². The summed E-state index contributed by atoms with van der Waals surface area (Å²) >= 11 is 0. The standard InChI is InChI=1S/C22H30N4O4.2C2H6/c1-3-23-13-16-8-10-25(11-9-16)17-4-5-18(15(2)12-17)22(30)26(14-27)19-6-7-20(28)24-21(19)29;2*1-2/h4-5,12,14,16,19,23H,3,6-11,13H2,1-2H3,(H,24,28,29);2*1-2H3. The molecule has 0 spiro atoms. The van der Waals surface area contributed by atoms with Gasteiger partial charge in [0.2, 0.25) is 18.2 Å². The van der Waals surface area contributed by atoms with Crippen molar-refractivity contribution in [2.24, 2.45) is 5.92 Å². The molecule has 1 atom stereocenters. The Morgan fingerprint density at radius 2 is 1.79 bits per heavy atom. The van der Waals surface area contributed by atoms with Gasteiger partial charge in [0.25, 0.3) is 5.91 Å². The van der Waals surface area contributed by atoms with Crippen LogP contribution in [0.25, 0.3) is 0 Å². The molecule has 190 valence electrons. The summed E-state index contributed by atoms with van der Waals surface area (Å²) in [6.07, 6.45) is 2.89. The molecule has 0 radical (unpaired) electrons.